The Morgan fingerprint density at radius 3 is 2.31 bits per heavy atom. The molecule has 1 aliphatic rings. The van der Waals surface area contributed by atoms with Gasteiger partial charge in [-0.15, -0.1) is 0 Å². The van der Waals surface area contributed by atoms with E-state index < -0.39 is 5.97 Å². The second kappa shape index (κ2) is 8.97. The van der Waals surface area contributed by atoms with E-state index in [0.717, 1.165) is 43.9 Å². The van der Waals surface area contributed by atoms with E-state index in [1.54, 1.807) is 12.1 Å². The molecule has 1 heterocycles. The van der Waals surface area contributed by atoms with E-state index in [1.807, 2.05) is 30.3 Å². The highest BCUT2D eigenvalue weighted by atomic mass is 16.4. The molecule has 4 heteroatoms. The largest absolute Gasteiger partial charge is 0.478 e. The van der Waals surface area contributed by atoms with Gasteiger partial charge in [0.1, 0.15) is 0 Å². The van der Waals surface area contributed by atoms with E-state index in [-0.39, 0.29) is 6.04 Å². The molecule has 2 aromatic rings. The van der Waals surface area contributed by atoms with Crippen LogP contribution in [0, 0.1) is 0 Å². The molecule has 138 valence electrons. The van der Waals surface area contributed by atoms with Gasteiger partial charge >= 0.3 is 5.97 Å². The lowest BCUT2D eigenvalue weighted by atomic mass is 9.92. The minimum atomic E-state index is -0.858. The number of aromatic carboxylic acids is 1. The van der Waals surface area contributed by atoms with Crippen LogP contribution in [0.5, 0.6) is 0 Å². The first-order valence-electron chi connectivity index (χ1n) is 9.54. The molecule has 4 nitrogen and oxygen atoms in total. The SMILES string of the molecule is CCCCN1CCN(C(c2ccccc2)c2ccccc2C(=O)O)CC1. The predicted molar refractivity (Wildman–Crippen MR) is 105 cm³/mol. The van der Waals surface area contributed by atoms with Gasteiger partial charge in [-0.1, -0.05) is 61.9 Å². The minimum Gasteiger partial charge on any atom is -0.478 e. The third-order valence-electron chi connectivity index (χ3n) is 5.20. The zero-order valence-corrected chi connectivity index (χ0v) is 15.5. The number of benzene rings is 2. The maximum absolute atomic E-state index is 11.8. The molecule has 26 heavy (non-hydrogen) atoms. The summed E-state index contributed by atoms with van der Waals surface area (Å²) in [5.41, 5.74) is 2.44. The number of carboxylic acid groups (broad SMARTS) is 1. The summed E-state index contributed by atoms with van der Waals surface area (Å²) < 4.78 is 0. The number of unbranched alkanes of at least 4 members (excludes halogenated alkanes) is 1. The molecule has 1 fully saturated rings. The smallest absolute Gasteiger partial charge is 0.336 e. The van der Waals surface area contributed by atoms with E-state index >= 15 is 0 Å². The Morgan fingerprint density at radius 2 is 1.65 bits per heavy atom. The van der Waals surface area contributed by atoms with E-state index in [2.05, 4.69) is 28.9 Å². The lowest BCUT2D eigenvalue weighted by Gasteiger charge is -2.40. The van der Waals surface area contributed by atoms with Crippen LogP contribution in [0.25, 0.3) is 0 Å². The minimum absolute atomic E-state index is 0.0168. The summed E-state index contributed by atoms with van der Waals surface area (Å²) in [5.74, 6) is -0.858. The van der Waals surface area contributed by atoms with E-state index in [1.165, 1.54) is 12.8 Å². The Balaban J connectivity index is 1.88. The highest BCUT2D eigenvalue weighted by Gasteiger charge is 2.28. The highest BCUT2D eigenvalue weighted by molar-refractivity contribution is 5.89. The molecule has 1 N–H and O–H groups in total. The van der Waals surface area contributed by atoms with Gasteiger partial charge in [0.05, 0.1) is 11.6 Å². The Labute approximate surface area is 156 Å². The summed E-state index contributed by atoms with van der Waals surface area (Å²) in [6.45, 7) is 7.38. The molecule has 3 rings (SSSR count). The first-order chi connectivity index (χ1) is 12.7. The number of carboxylic acids is 1. The van der Waals surface area contributed by atoms with Crippen LogP contribution in [-0.2, 0) is 0 Å². The number of carbonyl (C=O) groups is 1. The zero-order chi connectivity index (χ0) is 18.4. The first-order valence-corrected chi connectivity index (χ1v) is 9.54. The fourth-order valence-corrected chi connectivity index (χ4v) is 3.78. The van der Waals surface area contributed by atoms with E-state index in [9.17, 15) is 9.90 Å². The van der Waals surface area contributed by atoms with Crippen molar-refractivity contribution in [3.05, 3.63) is 71.3 Å². The summed E-state index contributed by atoms with van der Waals surface area (Å²) in [7, 11) is 0. The molecule has 0 spiro atoms. The van der Waals surface area contributed by atoms with Gasteiger partial charge in [0, 0.05) is 26.2 Å². The lowest BCUT2D eigenvalue weighted by molar-refractivity contribution is 0.0689. The van der Waals surface area contributed by atoms with Crippen molar-refractivity contribution in [2.24, 2.45) is 0 Å². The third-order valence-corrected chi connectivity index (χ3v) is 5.20. The number of hydrogen-bond donors (Lipinski definition) is 1. The molecule has 0 bridgehead atoms. The van der Waals surface area contributed by atoms with Crippen LogP contribution in [0.2, 0.25) is 0 Å². The van der Waals surface area contributed by atoms with Crippen molar-refractivity contribution in [3.63, 3.8) is 0 Å². The van der Waals surface area contributed by atoms with Gasteiger partial charge in [0.25, 0.3) is 0 Å². The Bertz CT molecular complexity index is 709. The Hall–Kier alpha value is -2.17. The molecule has 2 aromatic carbocycles. The van der Waals surface area contributed by atoms with Crippen LogP contribution in [0.3, 0.4) is 0 Å². The van der Waals surface area contributed by atoms with Crippen LogP contribution < -0.4 is 0 Å². The molecule has 0 saturated carbocycles. The standard InChI is InChI=1S/C22H28N2O2/c1-2-3-13-23-14-16-24(17-15-23)21(18-9-5-4-6-10-18)19-11-7-8-12-20(19)22(25)26/h4-12,21H,2-3,13-17H2,1H3,(H,25,26). The third kappa shape index (κ3) is 4.32. The van der Waals surface area contributed by atoms with E-state index in [4.69, 9.17) is 0 Å². The normalized spacial score (nSPS) is 17.1. The van der Waals surface area contributed by atoms with Crippen LogP contribution in [0.4, 0.5) is 0 Å². The van der Waals surface area contributed by atoms with Crippen molar-refractivity contribution in [2.75, 3.05) is 32.7 Å². The maximum atomic E-state index is 11.8. The van der Waals surface area contributed by atoms with Crippen LogP contribution in [0.1, 0.15) is 47.3 Å². The summed E-state index contributed by atoms with van der Waals surface area (Å²) >= 11 is 0. The van der Waals surface area contributed by atoms with Crippen molar-refractivity contribution >= 4 is 5.97 Å². The van der Waals surface area contributed by atoms with Gasteiger partial charge in [-0.2, -0.15) is 0 Å². The average molecular weight is 352 g/mol. The van der Waals surface area contributed by atoms with Gasteiger partial charge in [0.15, 0.2) is 0 Å². The molecule has 1 aliphatic heterocycles. The first kappa shape index (κ1) is 18.6. The topological polar surface area (TPSA) is 43.8 Å². The number of nitrogens with zero attached hydrogens (tertiary/aromatic N) is 2. The second-order valence-electron chi connectivity index (χ2n) is 6.94. The quantitative estimate of drug-likeness (QED) is 0.821. The van der Waals surface area contributed by atoms with Gasteiger partial charge in [-0.25, -0.2) is 4.79 Å². The number of rotatable bonds is 7. The lowest BCUT2D eigenvalue weighted by Crippen LogP contribution is -2.48. The summed E-state index contributed by atoms with van der Waals surface area (Å²) in [5, 5.41) is 9.67. The highest BCUT2D eigenvalue weighted by Crippen LogP contribution is 2.31. The molecule has 1 unspecified atom stereocenters. The molecule has 1 atom stereocenters. The number of hydrogen-bond acceptors (Lipinski definition) is 3. The van der Waals surface area contributed by atoms with Crippen molar-refractivity contribution < 1.29 is 9.90 Å². The summed E-state index contributed by atoms with van der Waals surface area (Å²) in [6.07, 6.45) is 2.46. The Kier molecular flexibility index (Phi) is 6.42. The van der Waals surface area contributed by atoms with Gasteiger partial charge in [-0.3, -0.25) is 4.90 Å². The fraction of sp³-hybridized carbons (Fsp3) is 0.409. The summed E-state index contributed by atoms with van der Waals surface area (Å²) in [4.78, 5) is 16.7. The van der Waals surface area contributed by atoms with Crippen molar-refractivity contribution in [1.29, 1.82) is 0 Å². The van der Waals surface area contributed by atoms with E-state index in [0.29, 0.717) is 5.56 Å². The molecule has 0 amide bonds. The van der Waals surface area contributed by atoms with Gasteiger partial charge in [-0.05, 0) is 30.2 Å². The van der Waals surface area contributed by atoms with Crippen molar-refractivity contribution in [3.8, 4) is 0 Å². The van der Waals surface area contributed by atoms with Gasteiger partial charge in [0.2, 0.25) is 0 Å². The molecule has 0 radical (unpaired) electrons. The fourth-order valence-electron chi connectivity index (χ4n) is 3.78. The van der Waals surface area contributed by atoms with Crippen LogP contribution in [-0.4, -0.2) is 53.6 Å². The molecular formula is C22H28N2O2. The zero-order valence-electron chi connectivity index (χ0n) is 15.5. The van der Waals surface area contributed by atoms with Crippen LogP contribution in [0.15, 0.2) is 54.6 Å². The maximum Gasteiger partial charge on any atom is 0.336 e. The van der Waals surface area contributed by atoms with Crippen molar-refractivity contribution in [2.45, 2.75) is 25.8 Å². The molecule has 0 aliphatic carbocycles. The van der Waals surface area contributed by atoms with Gasteiger partial charge < -0.3 is 10.0 Å². The molecular weight excluding hydrogens is 324 g/mol. The Morgan fingerprint density at radius 1 is 1.00 bits per heavy atom. The second-order valence-corrected chi connectivity index (χ2v) is 6.94. The average Bonchev–Trinajstić information content (AvgIpc) is 2.69. The number of piperazine rings is 1. The molecule has 0 aromatic heterocycles. The summed E-state index contributed by atoms with van der Waals surface area (Å²) in [6, 6.07) is 17.7. The monoisotopic (exact) mass is 352 g/mol. The predicted octanol–water partition coefficient (Wildman–Crippen LogP) is 3.89. The van der Waals surface area contributed by atoms with Crippen LogP contribution >= 0.6 is 0 Å². The van der Waals surface area contributed by atoms with Crippen molar-refractivity contribution in [1.82, 2.24) is 9.80 Å². The molecule has 1 saturated heterocycles.